The fraction of sp³-hybridized carbons (Fsp3) is 0.429. The van der Waals surface area contributed by atoms with Crippen LogP contribution in [0.5, 0.6) is 11.5 Å². The molecule has 6 nitrogen and oxygen atoms in total. The predicted octanol–water partition coefficient (Wildman–Crippen LogP) is 1.47. The Morgan fingerprint density at radius 2 is 2.00 bits per heavy atom. The van der Waals surface area contributed by atoms with E-state index in [1.807, 2.05) is 16.7 Å². The SMILES string of the molecule is COc1cc2nc(CCCN)n(CC#N)c2cc1OC. The maximum Gasteiger partial charge on any atom is 0.163 e. The maximum atomic E-state index is 9.00. The Balaban J connectivity index is 2.58. The van der Waals surface area contributed by atoms with Crippen LogP contribution in [0.2, 0.25) is 0 Å². The third-order valence-corrected chi connectivity index (χ3v) is 3.17. The molecule has 2 aromatic rings. The lowest BCUT2D eigenvalue weighted by molar-refractivity contribution is 0.355. The van der Waals surface area contributed by atoms with E-state index >= 15 is 0 Å². The zero-order valence-electron chi connectivity index (χ0n) is 11.7. The molecule has 0 fully saturated rings. The summed E-state index contributed by atoms with van der Waals surface area (Å²) in [6.45, 7) is 0.855. The number of nitriles is 1. The van der Waals surface area contributed by atoms with Crippen LogP contribution in [0, 0.1) is 11.3 Å². The molecule has 0 saturated carbocycles. The van der Waals surface area contributed by atoms with Crippen LogP contribution < -0.4 is 15.2 Å². The van der Waals surface area contributed by atoms with Crippen LogP contribution in [0.1, 0.15) is 12.2 Å². The molecule has 20 heavy (non-hydrogen) atoms. The fourth-order valence-corrected chi connectivity index (χ4v) is 2.20. The van der Waals surface area contributed by atoms with Crippen LogP contribution in [0.15, 0.2) is 12.1 Å². The van der Waals surface area contributed by atoms with E-state index in [0.717, 1.165) is 29.7 Å². The number of ether oxygens (including phenoxy) is 2. The first-order valence-corrected chi connectivity index (χ1v) is 6.43. The molecule has 1 aromatic carbocycles. The van der Waals surface area contributed by atoms with Gasteiger partial charge in [0, 0.05) is 18.6 Å². The minimum atomic E-state index is 0.256. The molecule has 0 amide bonds. The topological polar surface area (TPSA) is 86.1 Å². The molecule has 0 spiro atoms. The summed E-state index contributed by atoms with van der Waals surface area (Å²) in [5, 5.41) is 9.00. The number of hydrogen-bond acceptors (Lipinski definition) is 5. The van der Waals surface area contributed by atoms with Crippen molar-refractivity contribution in [2.75, 3.05) is 20.8 Å². The summed E-state index contributed by atoms with van der Waals surface area (Å²) in [4.78, 5) is 4.57. The summed E-state index contributed by atoms with van der Waals surface area (Å²) < 4.78 is 12.5. The zero-order valence-corrected chi connectivity index (χ0v) is 11.7. The number of aromatic nitrogens is 2. The van der Waals surface area contributed by atoms with Crippen LogP contribution in [-0.2, 0) is 13.0 Å². The van der Waals surface area contributed by atoms with E-state index < -0.39 is 0 Å². The Hall–Kier alpha value is -2.26. The van der Waals surface area contributed by atoms with Crippen molar-refractivity contribution in [3.63, 3.8) is 0 Å². The summed E-state index contributed by atoms with van der Waals surface area (Å²) in [5.41, 5.74) is 7.21. The van der Waals surface area contributed by atoms with Crippen molar-refractivity contribution >= 4 is 11.0 Å². The molecule has 0 unspecified atom stereocenters. The molecular weight excluding hydrogens is 256 g/mol. The number of hydrogen-bond donors (Lipinski definition) is 1. The molecule has 0 aliphatic heterocycles. The number of aryl methyl sites for hydroxylation is 1. The smallest absolute Gasteiger partial charge is 0.163 e. The summed E-state index contributed by atoms with van der Waals surface area (Å²) >= 11 is 0. The van der Waals surface area contributed by atoms with Crippen molar-refractivity contribution in [2.24, 2.45) is 5.73 Å². The molecule has 1 aromatic heterocycles. The predicted molar refractivity (Wildman–Crippen MR) is 75.8 cm³/mol. The monoisotopic (exact) mass is 274 g/mol. The lowest BCUT2D eigenvalue weighted by Crippen LogP contribution is -2.06. The normalized spacial score (nSPS) is 10.5. The van der Waals surface area contributed by atoms with E-state index in [9.17, 15) is 0 Å². The van der Waals surface area contributed by atoms with E-state index in [2.05, 4.69) is 11.1 Å². The summed E-state index contributed by atoms with van der Waals surface area (Å²) in [5.74, 6) is 2.12. The van der Waals surface area contributed by atoms with E-state index in [-0.39, 0.29) is 6.54 Å². The lowest BCUT2D eigenvalue weighted by Gasteiger charge is -2.08. The van der Waals surface area contributed by atoms with Crippen molar-refractivity contribution in [1.29, 1.82) is 5.26 Å². The minimum Gasteiger partial charge on any atom is -0.493 e. The summed E-state index contributed by atoms with van der Waals surface area (Å²) in [6, 6.07) is 5.84. The highest BCUT2D eigenvalue weighted by atomic mass is 16.5. The van der Waals surface area contributed by atoms with Gasteiger partial charge in [0.05, 0.1) is 31.3 Å². The molecular formula is C14H18N4O2. The highest BCUT2D eigenvalue weighted by molar-refractivity contribution is 5.80. The van der Waals surface area contributed by atoms with Crippen molar-refractivity contribution in [3.8, 4) is 17.6 Å². The first-order valence-electron chi connectivity index (χ1n) is 6.43. The average molecular weight is 274 g/mol. The first-order chi connectivity index (χ1) is 9.74. The highest BCUT2D eigenvalue weighted by Crippen LogP contribution is 2.32. The summed E-state index contributed by atoms with van der Waals surface area (Å²) in [7, 11) is 3.18. The van der Waals surface area contributed by atoms with Gasteiger partial charge < -0.3 is 19.8 Å². The maximum absolute atomic E-state index is 9.00. The van der Waals surface area contributed by atoms with Gasteiger partial charge in [0.15, 0.2) is 11.5 Å². The van der Waals surface area contributed by atoms with Gasteiger partial charge >= 0.3 is 0 Å². The van der Waals surface area contributed by atoms with E-state index in [1.165, 1.54) is 0 Å². The van der Waals surface area contributed by atoms with Crippen molar-refractivity contribution in [1.82, 2.24) is 9.55 Å². The van der Waals surface area contributed by atoms with Crippen molar-refractivity contribution in [2.45, 2.75) is 19.4 Å². The summed E-state index contributed by atoms with van der Waals surface area (Å²) in [6.07, 6.45) is 1.58. The van der Waals surface area contributed by atoms with Crippen LogP contribution in [0.25, 0.3) is 11.0 Å². The number of nitrogens with zero attached hydrogens (tertiary/aromatic N) is 3. The third-order valence-electron chi connectivity index (χ3n) is 3.17. The van der Waals surface area contributed by atoms with Crippen molar-refractivity contribution < 1.29 is 9.47 Å². The van der Waals surface area contributed by atoms with Crippen LogP contribution >= 0.6 is 0 Å². The minimum absolute atomic E-state index is 0.256. The molecule has 0 radical (unpaired) electrons. The molecule has 2 rings (SSSR count). The number of rotatable bonds is 6. The van der Waals surface area contributed by atoms with Gasteiger partial charge in [-0.05, 0) is 13.0 Å². The van der Waals surface area contributed by atoms with Crippen LogP contribution in [0.4, 0.5) is 0 Å². The second-order valence-corrected chi connectivity index (χ2v) is 4.36. The standard InChI is InChI=1S/C14H18N4O2/c1-19-12-8-10-11(9-13(12)20-2)18(7-6-16)14(17-10)4-3-5-15/h8-9H,3-5,7,15H2,1-2H3. The zero-order chi connectivity index (χ0) is 14.5. The molecule has 6 heteroatoms. The van der Waals surface area contributed by atoms with Gasteiger partial charge in [-0.15, -0.1) is 0 Å². The van der Waals surface area contributed by atoms with Gasteiger partial charge in [0.1, 0.15) is 12.4 Å². The van der Waals surface area contributed by atoms with Crippen molar-refractivity contribution in [3.05, 3.63) is 18.0 Å². The fourth-order valence-electron chi connectivity index (χ4n) is 2.20. The molecule has 0 aliphatic rings. The van der Waals surface area contributed by atoms with Gasteiger partial charge in [-0.1, -0.05) is 0 Å². The van der Waals surface area contributed by atoms with E-state index in [4.69, 9.17) is 20.5 Å². The number of nitrogens with two attached hydrogens (primary N) is 1. The Morgan fingerprint density at radius 3 is 2.60 bits per heavy atom. The van der Waals surface area contributed by atoms with Gasteiger partial charge in [0.25, 0.3) is 0 Å². The average Bonchev–Trinajstić information content (AvgIpc) is 2.81. The van der Waals surface area contributed by atoms with Crippen LogP contribution in [-0.4, -0.2) is 30.3 Å². The second-order valence-electron chi connectivity index (χ2n) is 4.36. The van der Waals surface area contributed by atoms with Gasteiger partial charge in [-0.3, -0.25) is 0 Å². The largest absolute Gasteiger partial charge is 0.493 e. The van der Waals surface area contributed by atoms with Gasteiger partial charge in [0.2, 0.25) is 0 Å². The second kappa shape index (κ2) is 6.26. The third kappa shape index (κ3) is 2.53. The number of imidazole rings is 1. The number of methoxy groups -OCH3 is 2. The molecule has 2 N–H and O–H groups in total. The Labute approximate surface area is 117 Å². The number of benzene rings is 1. The molecule has 106 valence electrons. The lowest BCUT2D eigenvalue weighted by atomic mass is 10.2. The van der Waals surface area contributed by atoms with E-state index in [0.29, 0.717) is 18.0 Å². The van der Waals surface area contributed by atoms with E-state index in [1.54, 1.807) is 14.2 Å². The molecule has 0 bridgehead atoms. The van der Waals surface area contributed by atoms with Gasteiger partial charge in [-0.25, -0.2) is 4.98 Å². The molecule has 0 saturated heterocycles. The van der Waals surface area contributed by atoms with Crippen LogP contribution in [0.3, 0.4) is 0 Å². The molecule has 1 heterocycles. The Kier molecular flexibility index (Phi) is 4.43. The Bertz CT molecular complexity index is 643. The Morgan fingerprint density at radius 1 is 1.30 bits per heavy atom. The van der Waals surface area contributed by atoms with Gasteiger partial charge in [-0.2, -0.15) is 5.26 Å². The first kappa shape index (κ1) is 14.2. The highest BCUT2D eigenvalue weighted by Gasteiger charge is 2.14. The quantitative estimate of drug-likeness (QED) is 0.862. The molecule has 0 aliphatic carbocycles. The number of fused-ring (bicyclic) bond motifs is 1. The molecule has 0 atom stereocenters.